The molecule has 0 amide bonds. The van der Waals surface area contributed by atoms with E-state index in [1.54, 1.807) is 12.4 Å². The summed E-state index contributed by atoms with van der Waals surface area (Å²) in [5.74, 6) is 1.64. The summed E-state index contributed by atoms with van der Waals surface area (Å²) in [7, 11) is 1.89. The Bertz CT molecular complexity index is 284. The molecule has 1 aromatic rings. The predicted octanol–water partition coefficient (Wildman–Crippen LogP) is 1.91. The van der Waals surface area contributed by atoms with E-state index in [9.17, 15) is 0 Å². The molecule has 0 unspecified atom stereocenters. The minimum Gasteiger partial charge on any atom is -0.490 e. The largest absolute Gasteiger partial charge is 0.490 e. The van der Waals surface area contributed by atoms with Crippen LogP contribution in [0.2, 0.25) is 0 Å². The van der Waals surface area contributed by atoms with Gasteiger partial charge in [0.25, 0.3) is 0 Å². The normalized spacial score (nSPS) is 15.5. The van der Waals surface area contributed by atoms with Crippen LogP contribution < -0.4 is 10.1 Å². The number of ether oxygens (including phenoxy) is 1. The van der Waals surface area contributed by atoms with E-state index < -0.39 is 0 Å². The van der Waals surface area contributed by atoms with Crippen LogP contribution in [-0.4, -0.2) is 18.6 Å². The van der Waals surface area contributed by atoms with Gasteiger partial charge >= 0.3 is 0 Å². The molecule has 0 spiro atoms. The number of nitrogens with zero attached hydrogens (tertiary/aromatic N) is 1. The molecule has 1 aliphatic rings. The summed E-state index contributed by atoms with van der Waals surface area (Å²) in [5, 5.41) is 3.07. The maximum absolute atomic E-state index is 5.63. The Balaban J connectivity index is 1.99. The van der Waals surface area contributed by atoms with Crippen LogP contribution in [0.15, 0.2) is 18.5 Å². The van der Waals surface area contributed by atoms with Crippen LogP contribution in [0, 0.1) is 5.92 Å². The topological polar surface area (TPSA) is 34.2 Å². The first-order valence-electron chi connectivity index (χ1n) is 4.64. The molecule has 70 valence electrons. The summed E-state index contributed by atoms with van der Waals surface area (Å²) in [5.41, 5.74) is 1.01. The molecular weight excluding hydrogens is 164 g/mol. The van der Waals surface area contributed by atoms with Crippen LogP contribution in [0.1, 0.15) is 12.8 Å². The Morgan fingerprint density at radius 3 is 3.15 bits per heavy atom. The Morgan fingerprint density at radius 2 is 2.46 bits per heavy atom. The molecule has 3 nitrogen and oxygen atoms in total. The van der Waals surface area contributed by atoms with E-state index in [0.29, 0.717) is 0 Å². The first-order chi connectivity index (χ1) is 6.40. The van der Waals surface area contributed by atoms with Gasteiger partial charge in [-0.2, -0.15) is 0 Å². The third-order valence-electron chi connectivity index (χ3n) is 2.23. The van der Waals surface area contributed by atoms with Gasteiger partial charge in [-0.15, -0.1) is 0 Å². The van der Waals surface area contributed by atoms with Crippen LogP contribution in [-0.2, 0) is 0 Å². The summed E-state index contributed by atoms with van der Waals surface area (Å²) < 4.78 is 5.63. The second-order valence-corrected chi connectivity index (χ2v) is 3.38. The molecular formula is C10H14N2O. The number of pyridine rings is 1. The fourth-order valence-electron chi connectivity index (χ4n) is 1.19. The Labute approximate surface area is 78.1 Å². The van der Waals surface area contributed by atoms with Gasteiger partial charge in [0.05, 0.1) is 18.5 Å². The molecule has 1 fully saturated rings. The van der Waals surface area contributed by atoms with Crippen molar-refractivity contribution in [1.29, 1.82) is 0 Å². The predicted molar refractivity (Wildman–Crippen MR) is 52.0 cm³/mol. The van der Waals surface area contributed by atoms with E-state index in [2.05, 4.69) is 10.3 Å². The average molecular weight is 178 g/mol. The third kappa shape index (κ3) is 2.11. The van der Waals surface area contributed by atoms with Crippen LogP contribution in [0.4, 0.5) is 5.69 Å². The van der Waals surface area contributed by atoms with Crippen LogP contribution in [0.3, 0.4) is 0 Å². The Morgan fingerprint density at radius 1 is 1.62 bits per heavy atom. The quantitative estimate of drug-likeness (QED) is 0.764. The highest BCUT2D eigenvalue weighted by atomic mass is 16.5. The van der Waals surface area contributed by atoms with E-state index >= 15 is 0 Å². The highest BCUT2D eigenvalue weighted by molar-refractivity contribution is 5.53. The maximum atomic E-state index is 5.63. The molecule has 1 N–H and O–H groups in total. The van der Waals surface area contributed by atoms with Crippen LogP contribution >= 0.6 is 0 Å². The maximum Gasteiger partial charge on any atom is 0.160 e. The first-order valence-corrected chi connectivity index (χ1v) is 4.64. The van der Waals surface area contributed by atoms with Gasteiger partial charge in [-0.25, -0.2) is 0 Å². The van der Waals surface area contributed by atoms with Gasteiger partial charge < -0.3 is 10.1 Å². The molecule has 2 rings (SSSR count). The zero-order valence-corrected chi connectivity index (χ0v) is 7.79. The number of aromatic nitrogens is 1. The molecule has 1 aromatic heterocycles. The second-order valence-electron chi connectivity index (χ2n) is 3.38. The standard InChI is InChI=1S/C10H14N2O/c1-11-9-4-5-12-6-10(9)13-7-8-2-3-8/h4-6,8H,2-3,7H2,1H3,(H,11,12). The van der Waals surface area contributed by atoms with Crippen molar-refractivity contribution < 1.29 is 4.74 Å². The van der Waals surface area contributed by atoms with Crippen LogP contribution in [0.25, 0.3) is 0 Å². The summed E-state index contributed by atoms with van der Waals surface area (Å²) in [6.45, 7) is 0.834. The lowest BCUT2D eigenvalue weighted by Gasteiger charge is -2.09. The van der Waals surface area contributed by atoms with Gasteiger partial charge in [0, 0.05) is 13.2 Å². The molecule has 0 saturated heterocycles. The van der Waals surface area contributed by atoms with Crippen molar-refractivity contribution in [3.05, 3.63) is 18.5 Å². The highest BCUT2D eigenvalue weighted by Gasteiger charge is 2.22. The van der Waals surface area contributed by atoms with E-state index in [1.807, 2.05) is 13.1 Å². The first kappa shape index (κ1) is 8.35. The van der Waals surface area contributed by atoms with Crippen molar-refractivity contribution >= 4 is 5.69 Å². The Kier molecular flexibility index (Phi) is 2.34. The number of anilines is 1. The fourth-order valence-corrected chi connectivity index (χ4v) is 1.19. The summed E-state index contributed by atoms with van der Waals surface area (Å²) in [4.78, 5) is 4.03. The number of hydrogen-bond donors (Lipinski definition) is 1. The number of hydrogen-bond acceptors (Lipinski definition) is 3. The average Bonchev–Trinajstić information content (AvgIpc) is 2.99. The molecule has 1 aliphatic carbocycles. The van der Waals surface area contributed by atoms with Crippen molar-refractivity contribution in [3.8, 4) is 5.75 Å². The minimum atomic E-state index is 0.782. The SMILES string of the molecule is CNc1ccncc1OCC1CC1. The summed E-state index contributed by atoms with van der Waals surface area (Å²) >= 11 is 0. The van der Waals surface area contributed by atoms with Crippen molar-refractivity contribution in [2.24, 2.45) is 5.92 Å². The number of rotatable bonds is 4. The molecule has 13 heavy (non-hydrogen) atoms. The van der Waals surface area contributed by atoms with Gasteiger partial charge in [-0.3, -0.25) is 4.98 Å². The number of nitrogens with one attached hydrogen (secondary N) is 1. The monoisotopic (exact) mass is 178 g/mol. The van der Waals surface area contributed by atoms with Gasteiger partial charge in [0.2, 0.25) is 0 Å². The molecule has 0 bridgehead atoms. The molecule has 1 heterocycles. The van der Waals surface area contributed by atoms with Gasteiger partial charge in [0.15, 0.2) is 5.75 Å². The summed E-state index contributed by atoms with van der Waals surface area (Å²) in [6.07, 6.45) is 6.15. The fraction of sp³-hybridized carbons (Fsp3) is 0.500. The Hall–Kier alpha value is -1.25. The molecule has 0 atom stereocenters. The van der Waals surface area contributed by atoms with Crippen molar-refractivity contribution in [2.45, 2.75) is 12.8 Å². The van der Waals surface area contributed by atoms with E-state index in [-0.39, 0.29) is 0 Å². The van der Waals surface area contributed by atoms with Crippen LogP contribution in [0.5, 0.6) is 5.75 Å². The highest BCUT2D eigenvalue weighted by Crippen LogP contribution is 2.31. The summed E-state index contributed by atoms with van der Waals surface area (Å²) in [6, 6.07) is 1.92. The smallest absolute Gasteiger partial charge is 0.160 e. The molecule has 3 heteroatoms. The third-order valence-corrected chi connectivity index (χ3v) is 2.23. The minimum absolute atomic E-state index is 0.782. The molecule has 0 aromatic carbocycles. The lowest BCUT2D eigenvalue weighted by Crippen LogP contribution is -2.02. The molecule has 0 aliphatic heterocycles. The van der Waals surface area contributed by atoms with Gasteiger partial charge in [-0.05, 0) is 24.8 Å². The zero-order valence-electron chi connectivity index (χ0n) is 7.79. The second kappa shape index (κ2) is 3.64. The van der Waals surface area contributed by atoms with Crippen molar-refractivity contribution in [3.63, 3.8) is 0 Å². The van der Waals surface area contributed by atoms with Crippen molar-refractivity contribution in [2.75, 3.05) is 19.0 Å². The van der Waals surface area contributed by atoms with Crippen molar-refractivity contribution in [1.82, 2.24) is 4.98 Å². The lowest BCUT2D eigenvalue weighted by molar-refractivity contribution is 0.300. The van der Waals surface area contributed by atoms with Gasteiger partial charge in [0.1, 0.15) is 0 Å². The zero-order chi connectivity index (χ0) is 9.10. The van der Waals surface area contributed by atoms with E-state index in [0.717, 1.165) is 24.0 Å². The lowest BCUT2D eigenvalue weighted by atomic mass is 10.4. The van der Waals surface area contributed by atoms with E-state index in [1.165, 1.54) is 12.8 Å². The molecule has 0 radical (unpaired) electrons. The molecule has 1 saturated carbocycles. The van der Waals surface area contributed by atoms with E-state index in [4.69, 9.17) is 4.74 Å². The van der Waals surface area contributed by atoms with Gasteiger partial charge in [-0.1, -0.05) is 0 Å².